The van der Waals surface area contributed by atoms with Crippen LogP contribution >= 0.6 is 0 Å². The number of aryl methyl sites for hydroxylation is 2. The van der Waals surface area contributed by atoms with Crippen molar-refractivity contribution in [2.24, 2.45) is 0 Å². The summed E-state index contributed by atoms with van der Waals surface area (Å²) >= 11 is 0. The highest BCUT2D eigenvalue weighted by molar-refractivity contribution is 6.02. The van der Waals surface area contributed by atoms with E-state index in [9.17, 15) is 9.59 Å². The fraction of sp³-hybridized carbons (Fsp3) is 0.389. The Labute approximate surface area is 149 Å². The second-order valence-electron chi connectivity index (χ2n) is 5.92. The van der Waals surface area contributed by atoms with Gasteiger partial charge in [0.05, 0.1) is 5.39 Å². The van der Waals surface area contributed by atoms with E-state index in [1.54, 1.807) is 31.2 Å². The van der Waals surface area contributed by atoms with Gasteiger partial charge < -0.3 is 9.15 Å². The van der Waals surface area contributed by atoms with E-state index in [-0.39, 0.29) is 23.8 Å². The number of rotatable bonds is 7. The molecule has 0 radical (unpaired) electrons. The molecule has 0 aliphatic rings. The Morgan fingerprint density at radius 1 is 1.19 bits per heavy atom. The van der Waals surface area contributed by atoms with Crippen molar-refractivity contribution in [2.75, 3.05) is 0 Å². The summed E-state index contributed by atoms with van der Waals surface area (Å²) in [5.41, 5.74) is -0.103. The molecule has 0 fully saturated rings. The van der Waals surface area contributed by atoms with Gasteiger partial charge in [-0.2, -0.15) is 5.10 Å². The highest BCUT2D eigenvalue weighted by atomic mass is 16.5. The lowest BCUT2D eigenvalue weighted by molar-refractivity contribution is 0.0429. The van der Waals surface area contributed by atoms with Crippen molar-refractivity contribution >= 4 is 16.7 Å². The van der Waals surface area contributed by atoms with Crippen molar-refractivity contribution in [1.82, 2.24) is 20.0 Å². The molecule has 0 saturated heterocycles. The van der Waals surface area contributed by atoms with E-state index in [0.717, 1.165) is 19.3 Å². The summed E-state index contributed by atoms with van der Waals surface area (Å²) in [6.07, 6.45) is 2.83. The molecule has 3 rings (SSSR count). The van der Waals surface area contributed by atoms with Gasteiger partial charge in [0.1, 0.15) is 0 Å². The number of hydrogen-bond acceptors (Lipinski definition) is 7. The Morgan fingerprint density at radius 3 is 2.65 bits per heavy atom. The number of unbranched alkanes of at least 4 members (excludes halogenated alkanes) is 2. The van der Waals surface area contributed by atoms with Crippen molar-refractivity contribution in [3.63, 3.8) is 0 Å². The number of aromatic nitrogens is 4. The fourth-order valence-corrected chi connectivity index (χ4v) is 2.64. The summed E-state index contributed by atoms with van der Waals surface area (Å²) in [5.74, 6) is -0.0400. The number of fused-ring (bicyclic) bond motifs is 1. The van der Waals surface area contributed by atoms with E-state index < -0.39 is 5.97 Å². The number of carbonyl (C=O) groups excluding carboxylic acids is 1. The van der Waals surface area contributed by atoms with Crippen molar-refractivity contribution in [3.05, 3.63) is 52.1 Å². The lowest BCUT2D eigenvalue weighted by atomic mass is 10.1. The molecule has 0 spiro atoms. The molecular weight excluding hydrogens is 336 g/mol. The number of esters is 1. The molecule has 8 nitrogen and oxygen atoms in total. The highest BCUT2D eigenvalue weighted by Gasteiger charge is 2.18. The molecule has 0 N–H and O–H groups in total. The minimum atomic E-state index is -0.638. The van der Waals surface area contributed by atoms with Gasteiger partial charge in [-0.1, -0.05) is 38.0 Å². The van der Waals surface area contributed by atoms with Gasteiger partial charge >= 0.3 is 5.97 Å². The van der Waals surface area contributed by atoms with Gasteiger partial charge in [0.2, 0.25) is 5.89 Å². The number of carbonyl (C=O) groups is 1. The molecule has 0 aliphatic carbocycles. The smallest absolute Gasteiger partial charge is 0.359 e. The summed E-state index contributed by atoms with van der Waals surface area (Å²) < 4.78 is 11.8. The predicted octanol–water partition coefficient (Wildman–Crippen LogP) is 2.64. The van der Waals surface area contributed by atoms with E-state index >= 15 is 0 Å². The number of ether oxygens (including phenoxy) is 1. The van der Waals surface area contributed by atoms with Gasteiger partial charge in [0.15, 0.2) is 12.3 Å². The maximum Gasteiger partial charge on any atom is 0.359 e. The highest BCUT2D eigenvalue weighted by Crippen LogP contribution is 2.15. The van der Waals surface area contributed by atoms with Gasteiger partial charge in [-0.05, 0) is 12.5 Å². The summed E-state index contributed by atoms with van der Waals surface area (Å²) in [6, 6.07) is 6.89. The van der Waals surface area contributed by atoms with Crippen molar-refractivity contribution in [3.8, 4) is 0 Å². The van der Waals surface area contributed by atoms with Crippen LogP contribution in [0, 0.1) is 6.92 Å². The summed E-state index contributed by atoms with van der Waals surface area (Å²) in [5, 5.41) is 12.6. The van der Waals surface area contributed by atoms with Crippen molar-refractivity contribution in [1.29, 1.82) is 0 Å². The van der Waals surface area contributed by atoms with Crippen LogP contribution in [-0.2, 0) is 17.9 Å². The standard InChI is InChI=1S/C18H20N4O4/c1-3-4-7-10-22-17(23)14-9-6-5-8-13(14)16(21-22)18(24)25-11-15-20-19-12(2)26-15/h5-6,8-9H,3-4,7,10-11H2,1-2H3. The summed E-state index contributed by atoms with van der Waals surface area (Å²) in [4.78, 5) is 25.1. The maximum atomic E-state index is 12.6. The monoisotopic (exact) mass is 356 g/mol. The first-order valence-corrected chi connectivity index (χ1v) is 8.56. The summed E-state index contributed by atoms with van der Waals surface area (Å²) in [6.45, 7) is 4.05. The molecule has 0 atom stereocenters. The largest absolute Gasteiger partial charge is 0.451 e. The zero-order chi connectivity index (χ0) is 18.5. The third-order valence-corrected chi connectivity index (χ3v) is 3.93. The van der Waals surface area contributed by atoms with E-state index in [1.807, 2.05) is 0 Å². The molecule has 2 heterocycles. The van der Waals surface area contributed by atoms with Crippen LogP contribution in [0.5, 0.6) is 0 Å². The molecule has 0 bridgehead atoms. The van der Waals surface area contributed by atoms with Crippen LogP contribution in [0.4, 0.5) is 0 Å². The Kier molecular flexibility index (Phi) is 5.40. The maximum absolute atomic E-state index is 12.6. The average molecular weight is 356 g/mol. The Hall–Kier alpha value is -3.03. The van der Waals surface area contributed by atoms with Crippen LogP contribution in [0.15, 0.2) is 33.5 Å². The molecule has 136 valence electrons. The summed E-state index contributed by atoms with van der Waals surface area (Å²) in [7, 11) is 0. The minimum absolute atomic E-state index is 0.105. The fourth-order valence-electron chi connectivity index (χ4n) is 2.64. The van der Waals surface area contributed by atoms with Crippen LogP contribution in [0.25, 0.3) is 10.8 Å². The Bertz CT molecular complexity index is 977. The average Bonchev–Trinajstić information content (AvgIpc) is 3.07. The first kappa shape index (κ1) is 17.8. The zero-order valence-corrected chi connectivity index (χ0v) is 14.8. The van der Waals surface area contributed by atoms with E-state index in [4.69, 9.17) is 9.15 Å². The number of nitrogens with zero attached hydrogens (tertiary/aromatic N) is 4. The van der Waals surface area contributed by atoms with Gasteiger partial charge in [-0.15, -0.1) is 10.2 Å². The third kappa shape index (κ3) is 3.79. The number of benzene rings is 1. The molecule has 1 aromatic carbocycles. The normalized spacial score (nSPS) is 11.0. The predicted molar refractivity (Wildman–Crippen MR) is 93.7 cm³/mol. The molecule has 0 saturated carbocycles. The molecule has 2 aromatic heterocycles. The van der Waals surface area contributed by atoms with Crippen LogP contribution in [0.2, 0.25) is 0 Å². The van der Waals surface area contributed by atoms with Crippen molar-refractivity contribution in [2.45, 2.75) is 46.3 Å². The van der Waals surface area contributed by atoms with Crippen LogP contribution in [0.1, 0.15) is 48.5 Å². The van der Waals surface area contributed by atoms with Crippen LogP contribution in [0.3, 0.4) is 0 Å². The first-order valence-electron chi connectivity index (χ1n) is 8.56. The molecule has 8 heteroatoms. The second kappa shape index (κ2) is 7.90. The zero-order valence-electron chi connectivity index (χ0n) is 14.8. The van der Waals surface area contributed by atoms with Crippen LogP contribution < -0.4 is 5.56 Å². The van der Waals surface area contributed by atoms with Crippen molar-refractivity contribution < 1.29 is 13.9 Å². The van der Waals surface area contributed by atoms with E-state index in [0.29, 0.717) is 23.2 Å². The molecule has 26 heavy (non-hydrogen) atoms. The molecule has 0 amide bonds. The molecular formula is C18H20N4O4. The van der Waals surface area contributed by atoms with Crippen LogP contribution in [-0.4, -0.2) is 25.9 Å². The third-order valence-electron chi connectivity index (χ3n) is 3.93. The van der Waals surface area contributed by atoms with Gasteiger partial charge in [0.25, 0.3) is 11.4 Å². The number of hydrogen-bond donors (Lipinski definition) is 0. The topological polar surface area (TPSA) is 100 Å². The molecule has 0 aliphatic heterocycles. The first-order chi connectivity index (χ1) is 12.6. The SMILES string of the molecule is CCCCCn1nc(C(=O)OCc2nnc(C)o2)c2ccccc2c1=O. The van der Waals surface area contributed by atoms with Gasteiger partial charge in [0, 0.05) is 18.9 Å². The van der Waals surface area contributed by atoms with E-state index in [1.165, 1.54) is 4.68 Å². The van der Waals surface area contributed by atoms with Gasteiger partial charge in [-0.3, -0.25) is 4.79 Å². The lowest BCUT2D eigenvalue weighted by Gasteiger charge is -2.10. The van der Waals surface area contributed by atoms with Gasteiger partial charge in [-0.25, -0.2) is 9.48 Å². The Balaban J connectivity index is 1.91. The Morgan fingerprint density at radius 2 is 1.96 bits per heavy atom. The quantitative estimate of drug-likeness (QED) is 0.474. The second-order valence-corrected chi connectivity index (χ2v) is 5.92. The molecule has 3 aromatic rings. The minimum Gasteiger partial charge on any atom is -0.451 e. The molecule has 0 unspecified atom stereocenters. The lowest BCUT2D eigenvalue weighted by Crippen LogP contribution is -2.26. The van der Waals surface area contributed by atoms with E-state index in [2.05, 4.69) is 22.2 Å².